The maximum Gasteiger partial charge on any atom is 0.191 e. The predicted molar refractivity (Wildman–Crippen MR) is 124 cm³/mol. The van der Waals surface area contributed by atoms with Crippen molar-refractivity contribution in [3.8, 4) is 0 Å². The topological polar surface area (TPSA) is 56.0 Å². The van der Waals surface area contributed by atoms with E-state index in [1.165, 1.54) is 19.4 Å². The molecule has 7 heteroatoms. The second-order valence-electron chi connectivity index (χ2n) is 6.78. The molecule has 1 saturated heterocycles. The third-order valence-corrected chi connectivity index (χ3v) is 5.30. The number of aliphatic imine (C=N–C) groups is 1. The molecule has 2 rings (SSSR count). The van der Waals surface area contributed by atoms with Crippen LogP contribution in [0.1, 0.15) is 52.3 Å². The zero-order valence-corrected chi connectivity index (χ0v) is 19.7. The summed E-state index contributed by atoms with van der Waals surface area (Å²) >= 11 is 0. The first-order valence-electron chi connectivity index (χ1n) is 10.3. The van der Waals surface area contributed by atoms with Gasteiger partial charge in [-0.2, -0.15) is 0 Å². The summed E-state index contributed by atoms with van der Waals surface area (Å²) in [4.78, 5) is 9.82. The molecule has 0 spiro atoms. The highest BCUT2D eigenvalue weighted by atomic mass is 127. The smallest absolute Gasteiger partial charge is 0.191 e. The Morgan fingerprint density at radius 1 is 1.30 bits per heavy atom. The molecule has 1 aliphatic heterocycles. The number of halogens is 1. The third-order valence-electron chi connectivity index (χ3n) is 5.30. The Labute approximate surface area is 182 Å². The van der Waals surface area contributed by atoms with E-state index in [1.807, 2.05) is 6.07 Å². The van der Waals surface area contributed by atoms with Gasteiger partial charge in [0.05, 0.1) is 18.8 Å². The van der Waals surface area contributed by atoms with Gasteiger partial charge in [0.15, 0.2) is 5.96 Å². The highest BCUT2D eigenvalue weighted by molar-refractivity contribution is 14.0. The Hall–Kier alpha value is -0.800. The van der Waals surface area contributed by atoms with Crippen molar-refractivity contribution in [2.75, 3.05) is 45.8 Å². The van der Waals surface area contributed by atoms with Crippen molar-refractivity contribution in [2.45, 2.75) is 52.6 Å². The lowest BCUT2D eigenvalue weighted by molar-refractivity contribution is 0.198. The summed E-state index contributed by atoms with van der Waals surface area (Å²) < 4.78 is 5.68. The van der Waals surface area contributed by atoms with E-state index >= 15 is 0 Å². The minimum absolute atomic E-state index is 0. The van der Waals surface area contributed by atoms with E-state index in [2.05, 4.69) is 54.2 Å². The van der Waals surface area contributed by atoms with E-state index < -0.39 is 0 Å². The summed E-state index contributed by atoms with van der Waals surface area (Å²) in [6.07, 6.45) is 4.32. The van der Waals surface area contributed by atoms with Crippen molar-refractivity contribution < 1.29 is 4.42 Å². The second kappa shape index (κ2) is 13.4. The number of nitrogens with one attached hydrogen (secondary N) is 2. The Balaban J connectivity index is 0.00000364. The van der Waals surface area contributed by atoms with E-state index in [1.54, 1.807) is 6.26 Å². The van der Waals surface area contributed by atoms with Gasteiger partial charge in [0.2, 0.25) is 0 Å². The van der Waals surface area contributed by atoms with Crippen molar-refractivity contribution >= 4 is 29.9 Å². The van der Waals surface area contributed by atoms with Crippen LogP contribution in [0.4, 0.5) is 0 Å². The molecular formula is C20H38IN5O. The van der Waals surface area contributed by atoms with Gasteiger partial charge in [-0.3, -0.25) is 14.8 Å². The van der Waals surface area contributed by atoms with Crippen molar-refractivity contribution in [3.63, 3.8) is 0 Å². The van der Waals surface area contributed by atoms with Crippen LogP contribution in [-0.4, -0.2) is 67.6 Å². The molecule has 1 aromatic heterocycles. The fourth-order valence-corrected chi connectivity index (χ4v) is 3.81. The Morgan fingerprint density at radius 2 is 2.07 bits per heavy atom. The first-order chi connectivity index (χ1) is 12.7. The minimum Gasteiger partial charge on any atom is -0.468 e. The average molecular weight is 491 g/mol. The van der Waals surface area contributed by atoms with Gasteiger partial charge >= 0.3 is 0 Å². The van der Waals surface area contributed by atoms with E-state index in [0.717, 1.165) is 44.4 Å². The molecule has 0 aliphatic carbocycles. The number of furan rings is 1. The summed E-state index contributed by atoms with van der Waals surface area (Å²) in [7, 11) is 0. The molecule has 0 radical (unpaired) electrons. The van der Waals surface area contributed by atoms with Crippen LogP contribution < -0.4 is 10.6 Å². The van der Waals surface area contributed by atoms with Crippen LogP contribution in [-0.2, 0) is 0 Å². The first-order valence-corrected chi connectivity index (χ1v) is 10.3. The van der Waals surface area contributed by atoms with Gasteiger partial charge in [-0.15, -0.1) is 24.0 Å². The standard InChI is InChI=1S/C20H37N5O.HI/c1-5-21-20(22-15-17-11-9-13-25(17)8-4)23-16-18(24(6-2)7-3)19-12-10-14-26-19;/h10,12,14,17-18H,5-9,11,13,15-16H2,1-4H3,(H2,21,22,23);1H. The van der Waals surface area contributed by atoms with Crippen LogP contribution in [0.5, 0.6) is 0 Å². The molecular weight excluding hydrogens is 453 g/mol. The molecule has 1 fully saturated rings. The zero-order chi connectivity index (χ0) is 18.8. The van der Waals surface area contributed by atoms with Crippen molar-refractivity contribution in [1.82, 2.24) is 20.4 Å². The zero-order valence-electron chi connectivity index (χ0n) is 17.4. The number of likely N-dealkylation sites (tertiary alicyclic amines) is 1. The Bertz CT molecular complexity index is 518. The summed E-state index contributed by atoms with van der Waals surface area (Å²) in [5, 5.41) is 6.94. The number of hydrogen-bond donors (Lipinski definition) is 2. The summed E-state index contributed by atoms with van der Waals surface area (Å²) in [6, 6.07) is 4.80. The Morgan fingerprint density at radius 3 is 2.67 bits per heavy atom. The van der Waals surface area contributed by atoms with Crippen molar-refractivity contribution in [3.05, 3.63) is 24.2 Å². The van der Waals surface area contributed by atoms with Crippen LogP contribution in [0.3, 0.4) is 0 Å². The summed E-state index contributed by atoms with van der Waals surface area (Å²) in [5.74, 6) is 1.89. The lowest BCUT2D eigenvalue weighted by Crippen LogP contribution is -2.45. The van der Waals surface area contributed by atoms with Crippen molar-refractivity contribution in [2.24, 2.45) is 4.99 Å². The van der Waals surface area contributed by atoms with Gasteiger partial charge in [-0.05, 0) is 58.1 Å². The van der Waals surface area contributed by atoms with Crippen LogP contribution in [0, 0.1) is 0 Å². The van der Waals surface area contributed by atoms with E-state index in [4.69, 9.17) is 9.41 Å². The fraction of sp³-hybridized carbons (Fsp3) is 0.750. The monoisotopic (exact) mass is 491 g/mol. The van der Waals surface area contributed by atoms with Gasteiger partial charge in [0, 0.05) is 19.1 Å². The van der Waals surface area contributed by atoms with Gasteiger partial charge in [0.1, 0.15) is 5.76 Å². The SMILES string of the molecule is CCNC(=NCC(c1ccco1)N(CC)CC)NCC1CCCN1CC.I. The van der Waals surface area contributed by atoms with Gasteiger partial charge in [-0.1, -0.05) is 20.8 Å². The molecule has 2 heterocycles. The molecule has 0 bridgehead atoms. The van der Waals surface area contributed by atoms with E-state index in [9.17, 15) is 0 Å². The molecule has 6 nitrogen and oxygen atoms in total. The number of rotatable bonds is 10. The van der Waals surface area contributed by atoms with Crippen LogP contribution in [0.25, 0.3) is 0 Å². The number of nitrogens with zero attached hydrogens (tertiary/aromatic N) is 3. The number of likely N-dealkylation sites (N-methyl/N-ethyl adjacent to an activating group) is 2. The largest absolute Gasteiger partial charge is 0.468 e. The molecule has 2 unspecified atom stereocenters. The number of hydrogen-bond acceptors (Lipinski definition) is 4. The summed E-state index contributed by atoms with van der Waals surface area (Å²) in [5.41, 5.74) is 0. The van der Waals surface area contributed by atoms with Crippen LogP contribution in [0.15, 0.2) is 27.8 Å². The maximum absolute atomic E-state index is 5.68. The minimum atomic E-state index is 0. The maximum atomic E-state index is 5.68. The first kappa shape index (κ1) is 24.2. The van der Waals surface area contributed by atoms with Crippen LogP contribution in [0.2, 0.25) is 0 Å². The normalized spacial score (nSPS) is 19.1. The van der Waals surface area contributed by atoms with Crippen LogP contribution >= 0.6 is 24.0 Å². The Kier molecular flexibility index (Phi) is 12.0. The molecule has 0 aromatic carbocycles. The lowest BCUT2D eigenvalue weighted by atomic mass is 10.2. The molecule has 27 heavy (non-hydrogen) atoms. The highest BCUT2D eigenvalue weighted by Crippen LogP contribution is 2.21. The predicted octanol–water partition coefficient (Wildman–Crippen LogP) is 3.32. The van der Waals surface area contributed by atoms with Gasteiger partial charge in [-0.25, -0.2) is 0 Å². The van der Waals surface area contributed by atoms with Gasteiger partial charge in [0.25, 0.3) is 0 Å². The lowest BCUT2D eigenvalue weighted by Gasteiger charge is -2.27. The average Bonchev–Trinajstić information content (AvgIpc) is 3.34. The molecule has 2 atom stereocenters. The van der Waals surface area contributed by atoms with Gasteiger partial charge < -0.3 is 15.1 Å². The number of guanidine groups is 1. The molecule has 2 N–H and O–H groups in total. The molecule has 1 aliphatic rings. The molecule has 0 amide bonds. The van der Waals surface area contributed by atoms with Crippen molar-refractivity contribution in [1.29, 1.82) is 0 Å². The molecule has 0 saturated carbocycles. The third kappa shape index (κ3) is 7.27. The second-order valence-corrected chi connectivity index (χ2v) is 6.78. The van der Waals surface area contributed by atoms with E-state index in [-0.39, 0.29) is 30.0 Å². The van der Waals surface area contributed by atoms with E-state index in [0.29, 0.717) is 12.6 Å². The fourth-order valence-electron chi connectivity index (χ4n) is 3.81. The summed E-state index contributed by atoms with van der Waals surface area (Å²) in [6.45, 7) is 15.5. The highest BCUT2D eigenvalue weighted by Gasteiger charge is 2.23. The quantitative estimate of drug-likeness (QED) is 0.299. The molecule has 1 aromatic rings. The molecule has 156 valence electrons.